The summed E-state index contributed by atoms with van der Waals surface area (Å²) in [6.45, 7) is 7.25. The van der Waals surface area contributed by atoms with Gasteiger partial charge in [-0.15, -0.1) is 0 Å². The lowest BCUT2D eigenvalue weighted by Gasteiger charge is -2.19. The van der Waals surface area contributed by atoms with Gasteiger partial charge >= 0.3 is 6.09 Å². The summed E-state index contributed by atoms with van der Waals surface area (Å²) >= 11 is 5.86. The van der Waals surface area contributed by atoms with Gasteiger partial charge in [-0.05, 0) is 44.9 Å². The van der Waals surface area contributed by atoms with Crippen molar-refractivity contribution in [2.75, 3.05) is 26.7 Å². The summed E-state index contributed by atoms with van der Waals surface area (Å²) in [4.78, 5) is 15.6. The first kappa shape index (κ1) is 20.1. The van der Waals surface area contributed by atoms with Crippen molar-refractivity contribution in [2.45, 2.75) is 32.8 Å². The maximum Gasteiger partial charge on any atom is 0.407 e. The predicted molar refractivity (Wildman–Crippen MR) is 98.8 cm³/mol. The molecule has 0 radical (unpaired) electrons. The lowest BCUT2D eigenvalue weighted by atomic mass is 10.1. The van der Waals surface area contributed by atoms with Crippen molar-refractivity contribution in [2.24, 2.45) is 4.99 Å². The minimum atomic E-state index is -0.489. The van der Waals surface area contributed by atoms with Gasteiger partial charge in [0.25, 0.3) is 0 Å². The highest BCUT2D eigenvalue weighted by atomic mass is 35.5. The molecule has 0 saturated carbocycles. The van der Waals surface area contributed by atoms with E-state index in [-0.39, 0.29) is 0 Å². The first-order chi connectivity index (χ1) is 11.3. The van der Waals surface area contributed by atoms with Crippen molar-refractivity contribution in [3.63, 3.8) is 0 Å². The Labute approximate surface area is 149 Å². The molecule has 0 spiro atoms. The Morgan fingerprint density at radius 1 is 1.08 bits per heavy atom. The van der Waals surface area contributed by atoms with Crippen LogP contribution in [0.2, 0.25) is 5.02 Å². The molecule has 0 saturated heterocycles. The molecule has 6 nitrogen and oxygen atoms in total. The molecule has 1 aromatic carbocycles. The van der Waals surface area contributed by atoms with E-state index in [1.165, 1.54) is 5.56 Å². The van der Waals surface area contributed by atoms with E-state index < -0.39 is 11.7 Å². The topological polar surface area (TPSA) is 74.8 Å². The van der Waals surface area contributed by atoms with Gasteiger partial charge in [-0.25, -0.2) is 4.79 Å². The fourth-order valence-corrected chi connectivity index (χ4v) is 1.98. The molecular formula is C17H27ClN4O2. The zero-order valence-electron chi connectivity index (χ0n) is 14.8. The number of ether oxygens (including phenoxy) is 1. The number of benzene rings is 1. The summed E-state index contributed by atoms with van der Waals surface area (Å²) in [6, 6.07) is 7.77. The number of amides is 1. The molecule has 0 aromatic heterocycles. The molecule has 7 heteroatoms. The van der Waals surface area contributed by atoms with E-state index in [0.717, 1.165) is 18.0 Å². The number of nitrogens with zero attached hydrogens (tertiary/aromatic N) is 1. The fraction of sp³-hybridized carbons (Fsp3) is 0.529. The fourth-order valence-electron chi connectivity index (χ4n) is 1.86. The average Bonchev–Trinajstić information content (AvgIpc) is 2.49. The first-order valence-corrected chi connectivity index (χ1v) is 8.34. The van der Waals surface area contributed by atoms with Gasteiger partial charge in [0.2, 0.25) is 0 Å². The summed E-state index contributed by atoms with van der Waals surface area (Å²) in [7, 11) is 1.71. The molecular weight excluding hydrogens is 328 g/mol. The van der Waals surface area contributed by atoms with Gasteiger partial charge in [0, 0.05) is 31.7 Å². The highest BCUT2D eigenvalue weighted by Crippen LogP contribution is 2.09. The lowest BCUT2D eigenvalue weighted by Crippen LogP contribution is -2.42. The molecule has 1 aromatic rings. The molecule has 3 N–H and O–H groups in total. The zero-order valence-corrected chi connectivity index (χ0v) is 15.5. The van der Waals surface area contributed by atoms with Crippen molar-refractivity contribution in [3.8, 4) is 0 Å². The Kier molecular flexibility index (Phi) is 8.40. The number of nitrogens with one attached hydrogen (secondary N) is 3. The molecule has 0 aliphatic heterocycles. The van der Waals surface area contributed by atoms with Crippen LogP contribution in [0.3, 0.4) is 0 Å². The van der Waals surface area contributed by atoms with Gasteiger partial charge in [-0.3, -0.25) is 4.99 Å². The van der Waals surface area contributed by atoms with Crippen LogP contribution in [0.25, 0.3) is 0 Å². The summed E-state index contributed by atoms with van der Waals surface area (Å²) in [5.41, 5.74) is 0.713. The van der Waals surface area contributed by atoms with E-state index in [2.05, 4.69) is 20.9 Å². The van der Waals surface area contributed by atoms with Crippen LogP contribution in [0.5, 0.6) is 0 Å². The lowest BCUT2D eigenvalue weighted by molar-refractivity contribution is 0.0529. The third-order valence-electron chi connectivity index (χ3n) is 2.93. The van der Waals surface area contributed by atoms with Gasteiger partial charge in [0.15, 0.2) is 5.96 Å². The molecule has 0 fully saturated rings. The van der Waals surface area contributed by atoms with Crippen LogP contribution in [-0.2, 0) is 11.2 Å². The number of aliphatic imine (C=N–C) groups is 1. The Morgan fingerprint density at radius 2 is 1.67 bits per heavy atom. The summed E-state index contributed by atoms with van der Waals surface area (Å²) in [6.07, 6.45) is 0.448. The Bertz CT molecular complexity index is 539. The van der Waals surface area contributed by atoms with Crippen molar-refractivity contribution < 1.29 is 9.53 Å². The molecule has 1 rings (SSSR count). The number of halogens is 1. The summed E-state index contributed by atoms with van der Waals surface area (Å²) in [5.74, 6) is 0.690. The molecule has 24 heavy (non-hydrogen) atoms. The van der Waals surface area contributed by atoms with Gasteiger partial charge in [-0.1, -0.05) is 23.7 Å². The zero-order chi connectivity index (χ0) is 18.0. The van der Waals surface area contributed by atoms with Gasteiger partial charge in [0.1, 0.15) is 5.60 Å². The minimum absolute atomic E-state index is 0.421. The van der Waals surface area contributed by atoms with Crippen LogP contribution in [0, 0.1) is 0 Å². The summed E-state index contributed by atoms with van der Waals surface area (Å²) < 4.78 is 5.16. The SMILES string of the molecule is CN=C(NCCNC(=O)OC(C)(C)C)NCCc1ccc(Cl)cc1. The van der Waals surface area contributed by atoms with Gasteiger partial charge < -0.3 is 20.7 Å². The highest BCUT2D eigenvalue weighted by molar-refractivity contribution is 6.30. The Balaban J connectivity index is 2.19. The van der Waals surface area contributed by atoms with Crippen molar-refractivity contribution >= 4 is 23.7 Å². The van der Waals surface area contributed by atoms with Crippen molar-refractivity contribution in [1.82, 2.24) is 16.0 Å². The van der Waals surface area contributed by atoms with E-state index in [4.69, 9.17) is 16.3 Å². The largest absolute Gasteiger partial charge is 0.444 e. The minimum Gasteiger partial charge on any atom is -0.444 e. The number of carbonyl (C=O) groups excluding carboxylic acids is 1. The van der Waals surface area contributed by atoms with Crippen molar-refractivity contribution in [1.29, 1.82) is 0 Å². The molecule has 0 atom stereocenters. The third-order valence-corrected chi connectivity index (χ3v) is 3.18. The normalized spacial score (nSPS) is 11.8. The number of hydrogen-bond donors (Lipinski definition) is 3. The van der Waals surface area contributed by atoms with Crippen LogP contribution in [0.4, 0.5) is 4.79 Å². The molecule has 1 amide bonds. The Morgan fingerprint density at radius 3 is 2.25 bits per heavy atom. The van der Waals surface area contributed by atoms with E-state index >= 15 is 0 Å². The standard InChI is InChI=1S/C17H27ClN4O2/c1-17(2,3)24-16(23)22-12-11-21-15(19-4)20-10-9-13-5-7-14(18)8-6-13/h5-8H,9-12H2,1-4H3,(H,22,23)(H2,19,20,21). The molecule has 0 bridgehead atoms. The molecule has 0 aliphatic carbocycles. The molecule has 0 heterocycles. The highest BCUT2D eigenvalue weighted by Gasteiger charge is 2.15. The van der Waals surface area contributed by atoms with E-state index in [9.17, 15) is 4.79 Å². The average molecular weight is 355 g/mol. The first-order valence-electron chi connectivity index (χ1n) is 7.96. The smallest absolute Gasteiger partial charge is 0.407 e. The number of guanidine groups is 1. The van der Waals surface area contributed by atoms with Gasteiger partial charge in [0.05, 0.1) is 0 Å². The number of rotatable bonds is 6. The number of hydrogen-bond acceptors (Lipinski definition) is 3. The molecule has 0 aliphatic rings. The van der Waals surface area contributed by atoms with E-state index in [0.29, 0.717) is 19.0 Å². The molecule has 134 valence electrons. The summed E-state index contributed by atoms with van der Waals surface area (Å²) in [5, 5.41) is 9.78. The van der Waals surface area contributed by atoms with Crippen LogP contribution in [0.15, 0.2) is 29.3 Å². The Hall–Kier alpha value is -1.95. The molecule has 0 unspecified atom stereocenters. The maximum atomic E-state index is 11.5. The number of alkyl carbamates (subject to hydrolysis) is 1. The quantitative estimate of drug-likeness (QED) is 0.417. The van der Waals surface area contributed by atoms with E-state index in [1.54, 1.807) is 7.05 Å². The third kappa shape index (κ3) is 9.25. The monoisotopic (exact) mass is 354 g/mol. The maximum absolute atomic E-state index is 11.5. The second-order valence-corrected chi connectivity index (χ2v) is 6.67. The predicted octanol–water partition coefficient (Wildman–Crippen LogP) is 2.57. The second kappa shape index (κ2) is 10.0. The van der Waals surface area contributed by atoms with Crippen LogP contribution < -0.4 is 16.0 Å². The van der Waals surface area contributed by atoms with Crippen LogP contribution in [0.1, 0.15) is 26.3 Å². The van der Waals surface area contributed by atoms with Crippen LogP contribution >= 0.6 is 11.6 Å². The van der Waals surface area contributed by atoms with E-state index in [1.807, 2.05) is 45.0 Å². The van der Waals surface area contributed by atoms with Crippen LogP contribution in [-0.4, -0.2) is 44.3 Å². The number of carbonyl (C=O) groups is 1. The van der Waals surface area contributed by atoms with Gasteiger partial charge in [-0.2, -0.15) is 0 Å². The second-order valence-electron chi connectivity index (χ2n) is 6.23. The van der Waals surface area contributed by atoms with Crippen molar-refractivity contribution in [3.05, 3.63) is 34.9 Å².